The van der Waals surface area contributed by atoms with Gasteiger partial charge in [-0.1, -0.05) is 38.1 Å². The lowest BCUT2D eigenvalue weighted by Crippen LogP contribution is -2.48. The Bertz CT molecular complexity index is 806. The molecule has 0 heterocycles. The van der Waals surface area contributed by atoms with Crippen molar-refractivity contribution in [2.75, 3.05) is 16.0 Å². The van der Waals surface area contributed by atoms with Crippen molar-refractivity contribution >= 4 is 34.9 Å². The van der Waals surface area contributed by atoms with Crippen molar-refractivity contribution in [2.24, 2.45) is 5.92 Å². The summed E-state index contributed by atoms with van der Waals surface area (Å²) in [5.74, 6) is -0.656. The van der Waals surface area contributed by atoms with Crippen LogP contribution in [0.1, 0.15) is 20.8 Å². The van der Waals surface area contributed by atoms with Crippen LogP contribution in [0.2, 0.25) is 0 Å². The third kappa shape index (κ3) is 6.47. The molecular weight excluding hydrogens is 344 g/mol. The molecule has 2 aromatic carbocycles. The van der Waals surface area contributed by atoms with Crippen molar-refractivity contribution in [2.45, 2.75) is 26.8 Å². The fourth-order valence-electron chi connectivity index (χ4n) is 2.46. The molecule has 0 spiro atoms. The van der Waals surface area contributed by atoms with Crippen LogP contribution in [-0.4, -0.2) is 23.9 Å². The van der Waals surface area contributed by atoms with Gasteiger partial charge in [-0.2, -0.15) is 0 Å². The van der Waals surface area contributed by atoms with E-state index in [0.717, 1.165) is 0 Å². The van der Waals surface area contributed by atoms with E-state index in [2.05, 4.69) is 21.3 Å². The highest BCUT2D eigenvalue weighted by Crippen LogP contribution is 2.16. The summed E-state index contributed by atoms with van der Waals surface area (Å²) >= 11 is 0. The van der Waals surface area contributed by atoms with Gasteiger partial charge >= 0.3 is 6.03 Å². The Morgan fingerprint density at radius 3 is 1.96 bits per heavy atom. The molecule has 7 heteroatoms. The predicted octanol–water partition coefficient (Wildman–Crippen LogP) is 3.43. The smallest absolute Gasteiger partial charge is 0.319 e. The number of nitrogens with one attached hydrogen (secondary N) is 4. The molecule has 0 aliphatic rings. The van der Waals surface area contributed by atoms with Gasteiger partial charge in [0.15, 0.2) is 0 Å². The second kappa shape index (κ2) is 9.38. The highest BCUT2D eigenvalue weighted by Gasteiger charge is 2.24. The third-order valence-electron chi connectivity index (χ3n) is 3.72. The molecule has 0 aromatic heterocycles. The van der Waals surface area contributed by atoms with E-state index in [1.165, 1.54) is 6.92 Å². The second-order valence-electron chi connectivity index (χ2n) is 6.44. The van der Waals surface area contributed by atoms with Crippen LogP contribution in [0.3, 0.4) is 0 Å². The summed E-state index contributed by atoms with van der Waals surface area (Å²) in [6.45, 7) is 5.11. The van der Waals surface area contributed by atoms with Gasteiger partial charge in [-0.25, -0.2) is 4.79 Å². The number of para-hydroxylation sites is 1. The van der Waals surface area contributed by atoms with E-state index < -0.39 is 12.1 Å². The van der Waals surface area contributed by atoms with Crippen LogP contribution in [0.15, 0.2) is 54.6 Å². The molecule has 0 saturated heterocycles. The normalized spacial score (nSPS) is 11.4. The molecule has 7 nitrogen and oxygen atoms in total. The van der Waals surface area contributed by atoms with Crippen LogP contribution in [0.5, 0.6) is 0 Å². The summed E-state index contributed by atoms with van der Waals surface area (Å²) in [6.07, 6.45) is 0. The first-order valence-electron chi connectivity index (χ1n) is 8.66. The Hall–Kier alpha value is -3.35. The maximum Gasteiger partial charge on any atom is 0.319 e. The predicted molar refractivity (Wildman–Crippen MR) is 107 cm³/mol. The van der Waals surface area contributed by atoms with Gasteiger partial charge in [0.1, 0.15) is 6.04 Å². The van der Waals surface area contributed by atoms with Gasteiger partial charge < -0.3 is 21.3 Å². The Kier molecular flexibility index (Phi) is 6.93. The summed E-state index contributed by atoms with van der Waals surface area (Å²) in [5.41, 5.74) is 1.75. The summed E-state index contributed by atoms with van der Waals surface area (Å²) < 4.78 is 0. The Morgan fingerprint density at radius 1 is 0.778 bits per heavy atom. The molecule has 4 N–H and O–H groups in total. The number of hydrogen-bond donors (Lipinski definition) is 4. The van der Waals surface area contributed by atoms with Crippen LogP contribution in [0.4, 0.5) is 21.9 Å². The van der Waals surface area contributed by atoms with Crippen molar-refractivity contribution in [3.8, 4) is 0 Å². The van der Waals surface area contributed by atoms with Crippen molar-refractivity contribution < 1.29 is 14.4 Å². The number of amides is 4. The standard InChI is InChI=1S/C20H24N4O3/c1-13(2)18(24-20(27)23-15-8-5-4-6-9-15)19(26)22-17-11-7-10-16(12-17)21-14(3)25/h4-13,18H,1-3H3,(H,21,25)(H,22,26)(H2,23,24,27)/t18-/m1/s1. The molecule has 0 saturated carbocycles. The number of anilines is 3. The number of benzene rings is 2. The van der Waals surface area contributed by atoms with Crippen LogP contribution < -0.4 is 21.3 Å². The first-order chi connectivity index (χ1) is 12.8. The fourth-order valence-corrected chi connectivity index (χ4v) is 2.46. The van der Waals surface area contributed by atoms with Crippen molar-refractivity contribution in [1.82, 2.24) is 5.32 Å². The quantitative estimate of drug-likeness (QED) is 0.628. The zero-order valence-corrected chi connectivity index (χ0v) is 15.6. The first-order valence-corrected chi connectivity index (χ1v) is 8.66. The Labute approximate surface area is 158 Å². The fraction of sp³-hybridized carbons (Fsp3) is 0.250. The minimum atomic E-state index is -0.724. The number of carbonyl (C=O) groups excluding carboxylic acids is 3. The average Bonchev–Trinajstić information content (AvgIpc) is 2.60. The van der Waals surface area contributed by atoms with Gasteiger partial charge in [0.05, 0.1) is 0 Å². The van der Waals surface area contributed by atoms with E-state index in [-0.39, 0.29) is 17.7 Å². The molecule has 4 amide bonds. The average molecular weight is 368 g/mol. The minimum Gasteiger partial charge on any atom is -0.326 e. The van der Waals surface area contributed by atoms with Crippen molar-refractivity contribution in [1.29, 1.82) is 0 Å². The van der Waals surface area contributed by atoms with E-state index in [0.29, 0.717) is 17.1 Å². The molecule has 27 heavy (non-hydrogen) atoms. The molecule has 0 aliphatic carbocycles. The molecule has 0 radical (unpaired) electrons. The lowest BCUT2D eigenvalue weighted by atomic mass is 10.0. The van der Waals surface area contributed by atoms with Crippen molar-refractivity contribution in [3.05, 3.63) is 54.6 Å². The molecule has 2 rings (SSSR count). The molecule has 1 atom stereocenters. The Balaban J connectivity index is 2.02. The van der Waals surface area contributed by atoms with E-state index in [4.69, 9.17) is 0 Å². The van der Waals surface area contributed by atoms with Crippen LogP contribution >= 0.6 is 0 Å². The maximum absolute atomic E-state index is 12.6. The van der Waals surface area contributed by atoms with Crippen LogP contribution in [0.25, 0.3) is 0 Å². The lowest BCUT2D eigenvalue weighted by molar-refractivity contribution is -0.118. The number of hydrogen-bond acceptors (Lipinski definition) is 3. The highest BCUT2D eigenvalue weighted by atomic mass is 16.2. The van der Waals surface area contributed by atoms with Gasteiger partial charge in [-0.05, 0) is 36.2 Å². The third-order valence-corrected chi connectivity index (χ3v) is 3.72. The Morgan fingerprint density at radius 2 is 1.37 bits per heavy atom. The lowest BCUT2D eigenvalue weighted by Gasteiger charge is -2.22. The largest absolute Gasteiger partial charge is 0.326 e. The molecule has 0 bridgehead atoms. The SMILES string of the molecule is CC(=O)Nc1cccc(NC(=O)[C@H](NC(=O)Nc2ccccc2)C(C)C)c1. The number of carbonyl (C=O) groups is 3. The minimum absolute atomic E-state index is 0.120. The summed E-state index contributed by atoms with van der Waals surface area (Å²) in [6, 6.07) is 14.6. The molecule has 0 unspecified atom stereocenters. The molecular formula is C20H24N4O3. The van der Waals surface area contributed by atoms with Crippen molar-refractivity contribution in [3.63, 3.8) is 0 Å². The highest BCUT2D eigenvalue weighted by molar-refractivity contribution is 6.00. The monoisotopic (exact) mass is 368 g/mol. The molecule has 0 fully saturated rings. The van der Waals surface area contributed by atoms with E-state index in [9.17, 15) is 14.4 Å². The maximum atomic E-state index is 12.6. The zero-order valence-electron chi connectivity index (χ0n) is 15.6. The topological polar surface area (TPSA) is 99.3 Å². The summed E-state index contributed by atoms with van der Waals surface area (Å²) in [5, 5.41) is 10.8. The molecule has 142 valence electrons. The van der Waals surface area contributed by atoms with Gasteiger partial charge in [0.2, 0.25) is 11.8 Å². The number of urea groups is 1. The van der Waals surface area contributed by atoms with Gasteiger partial charge in [0.25, 0.3) is 0 Å². The van der Waals surface area contributed by atoms with Gasteiger partial charge in [-0.3, -0.25) is 9.59 Å². The zero-order chi connectivity index (χ0) is 19.8. The summed E-state index contributed by atoms with van der Waals surface area (Å²) in [4.78, 5) is 36.0. The summed E-state index contributed by atoms with van der Waals surface area (Å²) in [7, 11) is 0. The van der Waals surface area contributed by atoms with Crippen LogP contribution in [0, 0.1) is 5.92 Å². The van der Waals surface area contributed by atoms with Gasteiger partial charge in [0, 0.05) is 24.0 Å². The van der Waals surface area contributed by atoms with Gasteiger partial charge in [-0.15, -0.1) is 0 Å². The second-order valence-corrected chi connectivity index (χ2v) is 6.44. The van der Waals surface area contributed by atoms with E-state index in [1.54, 1.807) is 36.4 Å². The van der Waals surface area contributed by atoms with E-state index in [1.807, 2.05) is 32.0 Å². The molecule has 2 aromatic rings. The van der Waals surface area contributed by atoms with Crippen LogP contribution in [-0.2, 0) is 9.59 Å². The van der Waals surface area contributed by atoms with E-state index >= 15 is 0 Å². The first kappa shape index (κ1) is 20.0. The molecule has 0 aliphatic heterocycles. The number of rotatable bonds is 6.